The minimum absolute atomic E-state index is 0.0672. The van der Waals surface area contributed by atoms with Crippen molar-refractivity contribution in [1.29, 1.82) is 0 Å². The van der Waals surface area contributed by atoms with Gasteiger partial charge in [-0.2, -0.15) is 5.10 Å². The number of carboxylic acid groups (broad SMARTS) is 1. The number of hydrogen-bond donors (Lipinski definition) is 1. The van der Waals surface area contributed by atoms with Crippen LogP contribution < -0.4 is 10.5 Å². The molecule has 1 heterocycles. The van der Waals surface area contributed by atoms with Crippen molar-refractivity contribution in [2.45, 2.75) is 13.0 Å². The van der Waals surface area contributed by atoms with Crippen LogP contribution in [-0.2, 0) is 16.0 Å². The average Bonchev–Trinajstić information content (AvgIpc) is 2.82. The highest BCUT2D eigenvalue weighted by molar-refractivity contribution is 5.86. The van der Waals surface area contributed by atoms with Crippen LogP contribution in [0.1, 0.15) is 12.0 Å². The van der Waals surface area contributed by atoms with Crippen LogP contribution >= 0.6 is 0 Å². The second kappa shape index (κ2) is 12.0. The van der Waals surface area contributed by atoms with Crippen molar-refractivity contribution >= 4 is 11.8 Å². The standard InChI is InChI=1S/C24H25F2N3O5/c1-33-12-13-34-11-3-10-28(24(31)32)19-5-2-4-17(14-19)16-29-23(30)9-8-22(27-29)18-6-7-20(25)21(26)15-18/h2,4-9,14-15H,3,10-13,16H2,1H3,(H,31,32). The average molecular weight is 473 g/mol. The van der Waals surface area contributed by atoms with Crippen molar-refractivity contribution in [3.8, 4) is 11.3 Å². The Labute approximate surface area is 195 Å². The van der Waals surface area contributed by atoms with Crippen molar-refractivity contribution in [3.05, 3.63) is 82.1 Å². The summed E-state index contributed by atoms with van der Waals surface area (Å²) in [5, 5.41) is 13.9. The van der Waals surface area contributed by atoms with Crippen LogP contribution in [0, 0.1) is 11.6 Å². The van der Waals surface area contributed by atoms with E-state index in [1.54, 1.807) is 31.4 Å². The Balaban J connectivity index is 1.75. The van der Waals surface area contributed by atoms with Gasteiger partial charge in [0.05, 0.1) is 25.5 Å². The lowest BCUT2D eigenvalue weighted by Crippen LogP contribution is -2.31. The Hall–Kier alpha value is -3.63. The second-order valence-electron chi connectivity index (χ2n) is 7.41. The number of benzene rings is 2. The number of anilines is 1. The van der Waals surface area contributed by atoms with Gasteiger partial charge in [-0.1, -0.05) is 12.1 Å². The fraction of sp³-hybridized carbons (Fsp3) is 0.292. The highest BCUT2D eigenvalue weighted by Crippen LogP contribution is 2.20. The topological polar surface area (TPSA) is 93.9 Å². The van der Waals surface area contributed by atoms with Gasteiger partial charge < -0.3 is 14.6 Å². The first-order chi connectivity index (χ1) is 16.4. The van der Waals surface area contributed by atoms with Crippen LogP contribution in [0.15, 0.2) is 59.4 Å². The number of halogens is 2. The van der Waals surface area contributed by atoms with E-state index in [9.17, 15) is 23.5 Å². The van der Waals surface area contributed by atoms with Crippen LogP contribution in [-0.4, -0.2) is 54.5 Å². The Morgan fingerprint density at radius 1 is 1.06 bits per heavy atom. The molecule has 0 saturated heterocycles. The largest absolute Gasteiger partial charge is 0.465 e. The summed E-state index contributed by atoms with van der Waals surface area (Å²) in [7, 11) is 1.57. The number of aromatic nitrogens is 2. The SMILES string of the molecule is COCCOCCCN(C(=O)O)c1cccc(Cn2nc(-c3ccc(F)c(F)c3)ccc2=O)c1. The predicted octanol–water partition coefficient (Wildman–Crippen LogP) is 3.77. The van der Waals surface area contributed by atoms with Crippen molar-refractivity contribution in [1.82, 2.24) is 9.78 Å². The van der Waals surface area contributed by atoms with E-state index < -0.39 is 17.7 Å². The minimum Gasteiger partial charge on any atom is -0.465 e. The molecule has 2 aromatic carbocycles. The summed E-state index contributed by atoms with van der Waals surface area (Å²) in [4.78, 5) is 25.3. The molecule has 0 unspecified atom stereocenters. The second-order valence-corrected chi connectivity index (χ2v) is 7.41. The molecule has 8 nitrogen and oxygen atoms in total. The summed E-state index contributed by atoms with van der Waals surface area (Å²) in [6.07, 6.45) is -0.609. The Morgan fingerprint density at radius 2 is 1.88 bits per heavy atom. The zero-order valence-electron chi connectivity index (χ0n) is 18.6. The number of carbonyl (C=O) groups is 1. The van der Waals surface area contributed by atoms with E-state index in [1.165, 1.54) is 27.8 Å². The van der Waals surface area contributed by atoms with Crippen molar-refractivity contribution in [3.63, 3.8) is 0 Å². The number of hydrogen-bond acceptors (Lipinski definition) is 5. The monoisotopic (exact) mass is 473 g/mol. The smallest absolute Gasteiger partial charge is 0.411 e. The van der Waals surface area contributed by atoms with Gasteiger partial charge >= 0.3 is 6.09 Å². The fourth-order valence-electron chi connectivity index (χ4n) is 3.27. The molecule has 3 aromatic rings. The highest BCUT2D eigenvalue weighted by atomic mass is 19.2. The zero-order chi connectivity index (χ0) is 24.5. The van der Waals surface area contributed by atoms with E-state index in [2.05, 4.69) is 5.10 Å². The molecule has 34 heavy (non-hydrogen) atoms. The molecule has 180 valence electrons. The van der Waals surface area contributed by atoms with Crippen LogP contribution in [0.5, 0.6) is 0 Å². The molecular formula is C24H25F2N3O5. The molecular weight excluding hydrogens is 448 g/mol. The minimum atomic E-state index is -1.11. The third-order valence-electron chi connectivity index (χ3n) is 4.97. The number of rotatable bonds is 11. The molecule has 1 aromatic heterocycles. The van der Waals surface area contributed by atoms with Gasteiger partial charge in [0.25, 0.3) is 5.56 Å². The van der Waals surface area contributed by atoms with E-state index >= 15 is 0 Å². The molecule has 0 atom stereocenters. The van der Waals surface area contributed by atoms with Gasteiger partial charge in [-0.3, -0.25) is 9.69 Å². The van der Waals surface area contributed by atoms with E-state index in [-0.39, 0.29) is 18.6 Å². The normalized spacial score (nSPS) is 10.9. The highest BCUT2D eigenvalue weighted by Gasteiger charge is 2.15. The molecule has 0 spiro atoms. The summed E-state index contributed by atoms with van der Waals surface area (Å²) in [5.41, 5.74) is 1.34. The van der Waals surface area contributed by atoms with Gasteiger partial charge in [-0.05, 0) is 48.4 Å². The lowest BCUT2D eigenvalue weighted by molar-refractivity contribution is 0.0700. The van der Waals surface area contributed by atoms with Gasteiger partial charge in [-0.15, -0.1) is 0 Å². The molecule has 0 fully saturated rings. The van der Waals surface area contributed by atoms with Gasteiger partial charge in [0.2, 0.25) is 0 Å². The van der Waals surface area contributed by atoms with Gasteiger partial charge in [0, 0.05) is 37.6 Å². The van der Waals surface area contributed by atoms with E-state index in [1.807, 2.05) is 0 Å². The molecule has 0 aliphatic rings. The van der Waals surface area contributed by atoms with E-state index in [0.717, 1.165) is 12.1 Å². The number of nitrogens with zero attached hydrogens (tertiary/aromatic N) is 3. The first-order valence-electron chi connectivity index (χ1n) is 10.6. The molecule has 3 rings (SSSR count). The van der Waals surface area contributed by atoms with E-state index in [4.69, 9.17) is 9.47 Å². The first kappa shape index (κ1) is 25.0. The Bertz CT molecular complexity index is 1190. The number of ether oxygens (including phenoxy) is 2. The third kappa shape index (κ3) is 6.69. The van der Waals surface area contributed by atoms with Gasteiger partial charge in [0.15, 0.2) is 11.6 Å². The molecule has 10 heteroatoms. The van der Waals surface area contributed by atoms with Crippen molar-refractivity contribution in [2.75, 3.05) is 38.4 Å². The van der Waals surface area contributed by atoms with Crippen LogP contribution in [0.2, 0.25) is 0 Å². The Morgan fingerprint density at radius 3 is 2.62 bits per heavy atom. The summed E-state index contributed by atoms with van der Waals surface area (Å²) in [5.74, 6) is -1.99. The Kier molecular flexibility index (Phi) is 8.83. The van der Waals surface area contributed by atoms with Crippen molar-refractivity contribution in [2.24, 2.45) is 0 Å². The summed E-state index contributed by atoms with van der Waals surface area (Å²) < 4.78 is 38.3. The molecule has 1 N–H and O–H groups in total. The number of methoxy groups -OCH3 is 1. The third-order valence-corrected chi connectivity index (χ3v) is 4.97. The number of amides is 1. The lowest BCUT2D eigenvalue weighted by Gasteiger charge is -2.20. The maximum Gasteiger partial charge on any atom is 0.411 e. The molecule has 0 radical (unpaired) electrons. The fourth-order valence-corrected chi connectivity index (χ4v) is 3.27. The predicted molar refractivity (Wildman–Crippen MR) is 122 cm³/mol. The summed E-state index contributed by atoms with van der Waals surface area (Å²) in [6, 6.07) is 12.9. The molecule has 0 saturated carbocycles. The van der Waals surface area contributed by atoms with Crippen LogP contribution in [0.4, 0.5) is 19.3 Å². The summed E-state index contributed by atoms with van der Waals surface area (Å²) in [6.45, 7) is 1.59. The van der Waals surface area contributed by atoms with Crippen LogP contribution in [0.25, 0.3) is 11.3 Å². The molecule has 0 aliphatic carbocycles. The first-order valence-corrected chi connectivity index (χ1v) is 10.6. The maximum absolute atomic E-state index is 13.6. The van der Waals surface area contributed by atoms with Crippen LogP contribution in [0.3, 0.4) is 0 Å². The quantitative estimate of drug-likeness (QED) is 0.426. The molecule has 0 bridgehead atoms. The summed E-state index contributed by atoms with van der Waals surface area (Å²) >= 11 is 0. The lowest BCUT2D eigenvalue weighted by atomic mass is 10.1. The van der Waals surface area contributed by atoms with Crippen molar-refractivity contribution < 1.29 is 28.2 Å². The maximum atomic E-state index is 13.6. The van der Waals surface area contributed by atoms with Gasteiger partial charge in [0.1, 0.15) is 0 Å². The molecule has 1 amide bonds. The van der Waals surface area contributed by atoms with Gasteiger partial charge in [-0.25, -0.2) is 18.3 Å². The zero-order valence-corrected chi connectivity index (χ0v) is 18.6. The van der Waals surface area contributed by atoms with E-state index in [0.29, 0.717) is 48.7 Å². The molecule has 0 aliphatic heterocycles.